The molecule has 1 heterocycles. The fourth-order valence-corrected chi connectivity index (χ4v) is 1.72. The maximum absolute atomic E-state index is 10.2. The number of rotatable bonds is 5. The Kier molecular flexibility index (Phi) is 4.35. The van der Waals surface area contributed by atoms with Gasteiger partial charge in [0, 0.05) is 17.6 Å². The molecule has 0 aliphatic carbocycles. The molecule has 0 spiro atoms. The number of ether oxygens (including phenoxy) is 1. The van der Waals surface area contributed by atoms with Crippen molar-refractivity contribution in [2.75, 3.05) is 6.61 Å². The predicted molar refractivity (Wildman–Crippen MR) is 56.3 cm³/mol. The summed E-state index contributed by atoms with van der Waals surface area (Å²) < 4.78 is 5.23. The van der Waals surface area contributed by atoms with Crippen molar-refractivity contribution >= 4 is 23.4 Å². The Morgan fingerprint density at radius 1 is 1.71 bits per heavy atom. The average Bonchev–Trinajstić information content (AvgIpc) is 2.59. The summed E-state index contributed by atoms with van der Waals surface area (Å²) >= 11 is 1.57. The predicted octanol–water partition coefficient (Wildman–Crippen LogP) is 2.38. The minimum Gasteiger partial charge on any atom is -0.478 e. The first kappa shape index (κ1) is 10.9. The normalized spacial score (nSPS) is 10.9. The van der Waals surface area contributed by atoms with Gasteiger partial charge in [-0.3, -0.25) is 0 Å². The van der Waals surface area contributed by atoms with Crippen LogP contribution in [0.3, 0.4) is 0 Å². The monoisotopic (exact) mass is 212 g/mol. The van der Waals surface area contributed by atoms with Crippen LogP contribution in [0.1, 0.15) is 17.4 Å². The lowest BCUT2D eigenvalue weighted by atomic mass is 10.3. The zero-order valence-electron chi connectivity index (χ0n) is 7.90. The molecular weight excluding hydrogens is 200 g/mol. The van der Waals surface area contributed by atoms with Gasteiger partial charge in [0.25, 0.3) is 0 Å². The number of hydrogen-bond acceptors (Lipinski definition) is 3. The van der Waals surface area contributed by atoms with Crippen LogP contribution in [0.2, 0.25) is 0 Å². The third-order valence-electron chi connectivity index (χ3n) is 1.54. The second kappa shape index (κ2) is 5.57. The quantitative estimate of drug-likeness (QED) is 0.762. The molecule has 0 fully saturated rings. The second-order valence-corrected chi connectivity index (χ2v) is 3.65. The fraction of sp³-hybridized carbons (Fsp3) is 0.300. The lowest BCUT2D eigenvalue weighted by molar-refractivity contribution is -0.131. The highest BCUT2D eigenvalue weighted by Gasteiger charge is 1.97. The van der Waals surface area contributed by atoms with Gasteiger partial charge >= 0.3 is 5.97 Å². The Hall–Kier alpha value is -1.13. The zero-order chi connectivity index (χ0) is 10.4. The molecule has 1 rings (SSSR count). The Morgan fingerprint density at radius 3 is 3.14 bits per heavy atom. The molecule has 0 saturated carbocycles. The van der Waals surface area contributed by atoms with Crippen LogP contribution in [-0.2, 0) is 16.1 Å². The SMILES string of the molecule is CCOCc1cc(C=CC(=O)O)cs1. The van der Waals surface area contributed by atoms with E-state index in [2.05, 4.69) is 0 Å². The highest BCUT2D eigenvalue weighted by Crippen LogP contribution is 2.16. The number of carbonyl (C=O) groups is 1. The maximum atomic E-state index is 10.2. The molecule has 0 amide bonds. The van der Waals surface area contributed by atoms with Gasteiger partial charge in [-0.25, -0.2) is 4.79 Å². The lowest BCUT2D eigenvalue weighted by Gasteiger charge is -1.94. The fourth-order valence-electron chi connectivity index (χ4n) is 0.931. The first-order valence-corrected chi connectivity index (χ1v) is 5.16. The Bertz CT molecular complexity index is 328. The molecule has 0 aliphatic heterocycles. The van der Waals surface area contributed by atoms with E-state index < -0.39 is 5.97 Å². The van der Waals surface area contributed by atoms with Gasteiger partial charge in [0.1, 0.15) is 0 Å². The van der Waals surface area contributed by atoms with Gasteiger partial charge in [-0.1, -0.05) is 0 Å². The van der Waals surface area contributed by atoms with Gasteiger partial charge in [-0.2, -0.15) is 0 Å². The molecule has 0 bridgehead atoms. The summed E-state index contributed by atoms with van der Waals surface area (Å²) in [5, 5.41) is 10.3. The first-order valence-electron chi connectivity index (χ1n) is 4.28. The molecule has 14 heavy (non-hydrogen) atoms. The van der Waals surface area contributed by atoms with E-state index in [-0.39, 0.29) is 0 Å². The van der Waals surface area contributed by atoms with E-state index >= 15 is 0 Å². The zero-order valence-corrected chi connectivity index (χ0v) is 8.71. The Labute approximate surface area is 86.6 Å². The summed E-state index contributed by atoms with van der Waals surface area (Å²) in [6.07, 6.45) is 2.71. The molecule has 0 aliphatic rings. The van der Waals surface area contributed by atoms with Crippen LogP contribution in [0.15, 0.2) is 17.5 Å². The van der Waals surface area contributed by atoms with Crippen molar-refractivity contribution < 1.29 is 14.6 Å². The molecule has 0 aromatic carbocycles. The van der Waals surface area contributed by atoms with Crippen molar-refractivity contribution in [3.63, 3.8) is 0 Å². The molecule has 3 nitrogen and oxygen atoms in total. The minimum absolute atomic E-state index is 0.599. The van der Waals surface area contributed by atoms with E-state index in [0.717, 1.165) is 16.5 Å². The van der Waals surface area contributed by atoms with Crippen LogP contribution in [0.25, 0.3) is 6.08 Å². The van der Waals surface area contributed by atoms with Gasteiger partial charge in [0.15, 0.2) is 0 Å². The van der Waals surface area contributed by atoms with E-state index in [4.69, 9.17) is 9.84 Å². The highest BCUT2D eigenvalue weighted by atomic mass is 32.1. The van der Waals surface area contributed by atoms with Gasteiger partial charge in [0.2, 0.25) is 0 Å². The van der Waals surface area contributed by atoms with Gasteiger partial charge in [0.05, 0.1) is 6.61 Å². The van der Waals surface area contributed by atoms with Gasteiger partial charge < -0.3 is 9.84 Å². The molecule has 0 unspecified atom stereocenters. The van der Waals surface area contributed by atoms with E-state index in [1.165, 1.54) is 0 Å². The Balaban J connectivity index is 2.54. The summed E-state index contributed by atoms with van der Waals surface area (Å²) in [7, 11) is 0. The first-order chi connectivity index (χ1) is 6.72. The van der Waals surface area contributed by atoms with Crippen LogP contribution in [0, 0.1) is 0 Å². The highest BCUT2D eigenvalue weighted by molar-refractivity contribution is 7.10. The molecule has 0 atom stereocenters. The number of carboxylic acid groups (broad SMARTS) is 1. The van der Waals surface area contributed by atoms with Gasteiger partial charge in [-0.05, 0) is 30.0 Å². The summed E-state index contributed by atoms with van der Waals surface area (Å²) in [6, 6.07) is 1.93. The molecule has 0 radical (unpaired) electrons. The van der Waals surface area contributed by atoms with Crippen molar-refractivity contribution in [2.45, 2.75) is 13.5 Å². The average molecular weight is 212 g/mol. The summed E-state index contributed by atoms with van der Waals surface area (Å²) in [4.78, 5) is 11.4. The molecule has 1 N–H and O–H groups in total. The van der Waals surface area contributed by atoms with E-state index in [0.29, 0.717) is 13.2 Å². The molecule has 1 aromatic rings. The van der Waals surface area contributed by atoms with Crippen molar-refractivity contribution in [3.8, 4) is 0 Å². The Morgan fingerprint density at radius 2 is 2.50 bits per heavy atom. The lowest BCUT2D eigenvalue weighted by Crippen LogP contribution is -1.87. The summed E-state index contributed by atoms with van der Waals surface area (Å²) in [6.45, 7) is 3.24. The topological polar surface area (TPSA) is 46.5 Å². The maximum Gasteiger partial charge on any atom is 0.328 e. The van der Waals surface area contributed by atoms with Crippen LogP contribution < -0.4 is 0 Å². The molecular formula is C10H12O3S. The van der Waals surface area contributed by atoms with Crippen molar-refractivity contribution in [1.29, 1.82) is 0 Å². The second-order valence-electron chi connectivity index (χ2n) is 2.66. The molecule has 76 valence electrons. The van der Waals surface area contributed by atoms with Crippen LogP contribution in [-0.4, -0.2) is 17.7 Å². The number of hydrogen-bond donors (Lipinski definition) is 1. The smallest absolute Gasteiger partial charge is 0.328 e. The molecule has 0 saturated heterocycles. The number of aliphatic carboxylic acids is 1. The largest absolute Gasteiger partial charge is 0.478 e. The standard InChI is InChI=1S/C10H12O3S/c1-2-13-6-9-5-8(7-14-9)3-4-10(11)12/h3-5,7H,2,6H2,1H3,(H,11,12). The molecule has 4 heteroatoms. The van der Waals surface area contributed by atoms with Crippen LogP contribution in [0.5, 0.6) is 0 Å². The van der Waals surface area contributed by atoms with Crippen molar-refractivity contribution in [1.82, 2.24) is 0 Å². The van der Waals surface area contributed by atoms with Crippen LogP contribution >= 0.6 is 11.3 Å². The number of thiophene rings is 1. The molecule has 1 aromatic heterocycles. The summed E-state index contributed by atoms with van der Waals surface area (Å²) in [5.41, 5.74) is 0.909. The van der Waals surface area contributed by atoms with E-state index in [1.807, 2.05) is 18.4 Å². The minimum atomic E-state index is -0.928. The van der Waals surface area contributed by atoms with Crippen molar-refractivity contribution in [3.05, 3.63) is 28.0 Å². The third kappa shape index (κ3) is 3.72. The van der Waals surface area contributed by atoms with Gasteiger partial charge in [-0.15, -0.1) is 11.3 Å². The van der Waals surface area contributed by atoms with Crippen molar-refractivity contribution in [2.24, 2.45) is 0 Å². The summed E-state index contributed by atoms with van der Waals surface area (Å²) in [5.74, 6) is -0.928. The van der Waals surface area contributed by atoms with E-state index in [1.54, 1.807) is 17.4 Å². The third-order valence-corrected chi connectivity index (χ3v) is 2.47. The van der Waals surface area contributed by atoms with Crippen LogP contribution in [0.4, 0.5) is 0 Å². The van der Waals surface area contributed by atoms with E-state index in [9.17, 15) is 4.79 Å². The number of carboxylic acids is 1.